The molecule has 0 saturated heterocycles. The molecule has 0 radical (unpaired) electrons. The lowest BCUT2D eigenvalue weighted by Gasteiger charge is -2.42. The molecule has 1 aliphatic rings. The zero-order valence-corrected chi connectivity index (χ0v) is 30.0. The first-order valence-electron chi connectivity index (χ1n) is 18.4. The van der Waals surface area contributed by atoms with Crippen LogP contribution < -0.4 is 0 Å². The van der Waals surface area contributed by atoms with Crippen LogP contribution in [-0.4, -0.2) is 13.7 Å². The van der Waals surface area contributed by atoms with Gasteiger partial charge in [-0.05, 0) is 104 Å². The van der Waals surface area contributed by atoms with Crippen molar-refractivity contribution in [2.24, 2.45) is 0 Å². The first-order chi connectivity index (χ1) is 26.2. The van der Waals surface area contributed by atoms with E-state index in [0.29, 0.717) is 0 Å². The van der Waals surface area contributed by atoms with Gasteiger partial charge in [0.2, 0.25) is 0 Å². The summed E-state index contributed by atoms with van der Waals surface area (Å²) in [5.74, 6) is 0.955. The molecule has 3 heterocycles. The summed E-state index contributed by atoms with van der Waals surface area (Å²) in [6.07, 6.45) is 0.935. The predicted molar refractivity (Wildman–Crippen MR) is 227 cm³/mol. The summed E-state index contributed by atoms with van der Waals surface area (Å²) in [4.78, 5) is 1.37. The number of aromatic nitrogens is 2. The Morgan fingerprint density at radius 1 is 0.340 bits per heavy atom. The van der Waals surface area contributed by atoms with Crippen LogP contribution in [0.3, 0.4) is 0 Å². The molecule has 1 aliphatic heterocycles. The number of rotatable bonds is 6. The van der Waals surface area contributed by atoms with Gasteiger partial charge in [-0.1, -0.05) is 156 Å². The molecule has 0 fully saturated rings. The van der Waals surface area contributed by atoms with E-state index in [9.17, 15) is 0 Å². The third-order valence-electron chi connectivity index (χ3n) is 11.1. The SMILES string of the molecule is c1ccc(-c2cccc(CCS3(c4cccc(-c5ccccc5)c4)n4c(cc5cc6ccccc6cc54)-c4cc5cc6ccccc6cc5n43)c2)cc1. The van der Waals surface area contributed by atoms with E-state index < -0.39 is 10.4 Å². The van der Waals surface area contributed by atoms with Crippen LogP contribution in [0, 0.1) is 0 Å². The molecular formula is C50H36N2S. The molecule has 0 atom stereocenters. The maximum Gasteiger partial charge on any atom is 0.0781 e. The number of aryl methyl sites for hydroxylation is 1. The summed E-state index contributed by atoms with van der Waals surface area (Å²) in [5, 5.41) is 7.69. The molecule has 0 unspecified atom stereocenters. The summed E-state index contributed by atoms with van der Waals surface area (Å²) in [5.41, 5.74) is 11.6. The smallest absolute Gasteiger partial charge is 0.0781 e. The summed E-state index contributed by atoms with van der Waals surface area (Å²) in [6, 6.07) is 72.5. The molecule has 8 aromatic carbocycles. The topological polar surface area (TPSA) is 9.86 Å². The third kappa shape index (κ3) is 4.74. The monoisotopic (exact) mass is 696 g/mol. The number of hydrogen-bond donors (Lipinski definition) is 0. The standard InChI is InChI=1S/C50H36N2S/c1-3-14-36(15-4-1)38-22-11-13-35(27-38)25-26-53(46-24-12-23-41(30-46)37-16-5-2-6-17-37)51-47-31-42-20-9-7-18-39(42)28-44(47)33-49(51)50-34-45-29-40-19-8-10-21-43(40)32-48(45)52(50)53/h1-24,27-34H,25-26H2. The minimum Gasteiger partial charge on any atom is -0.280 e. The Morgan fingerprint density at radius 3 is 1.34 bits per heavy atom. The Hall–Kier alpha value is -6.29. The molecule has 0 amide bonds. The summed E-state index contributed by atoms with van der Waals surface area (Å²) in [6.45, 7) is 0. The second-order valence-corrected chi connectivity index (χ2v) is 17.2. The van der Waals surface area contributed by atoms with Gasteiger partial charge in [0.05, 0.1) is 22.4 Å². The Balaban J connectivity index is 1.22. The van der Waals surface area contributed by atoms with Crippen molar-refractivity contribution >= 4 is 53.8 Å². The molecule has 0 bridgehead atoms. The molecule has 0 saturated carbocycles. The minimum atomic E-state index is -1.94. The van der Waals surface area contributed by atoms with E-state index in [1.165, 1.54) is 87.5 Å². The van der Waals surface area contributed by atoms with Gasteiger partial charge < -0.3 is 0 Å². The number of hydrogen-bond acceptors (Lipinski definition) is 0. The van der Waals surface area contributed by atoms with E-state index in [-0.39, 0.29) is 0 Å². The van der Waals surface area contributed by atoms with Gasteiger partial charge in [-0.15, -0.1) is 0 Å². The van der Waals surface area contributed by atoms with Crippen LogP contribution >= 0.6 is 10.4 Å². The lowest BCUT2D eigenvalue weighted by Crippen LogP contribution is -2.20. The van der Waals surface area contributed by atoms with E-state index in [1.54, 1.807) is 0 Å². The van der Waals surface area contributed by atoms with Gasteiger partial charge >= 0.3 is 0 Å². The zero-order valence-electron chi connectivity index (χ0n) is 29.2. The maximum absolute atomic E-state index is 2.77. The molecule has 2 nitrogen and oxygen atoms in total. The minimum absolute atomic E-state index is 0.935. The predicted octanol–water partition coefficient (Wildman–Crippen LogP) is 13.5. The zero-order chi connectivity index (χ0) is 34.9. The van der Waals surface area contributed by atoms with Crippen LogP contribution in [0.5, 0.6) is 0 Å². The van der Waals surface area contributed by atoms with Crippen molar-refractivity contribution < 1.29 is 0 Å². The Kier molecular flexibility index (Phi) is 6.80. The van der Waals surface area contributed by atoms with Gasteiger partial charge in [-0.25, -0.2) is 0 Å². The molecule has 2 aromatic heterocycles. The van der Waals surface area contributed by atoms with Gasteiger partial charge in [-0.2, -0.15) is 0 Å². The van der Waals surface area contributed by atoms with Crippen LogP contribution in [0.25, 0.3) is 77.0 Å². The molecular weight excluding hydrogens is 661 g/mol. The van der Waals surface area contributed by atoms with Gasteiger partial charge in [0.1, 0.15) is 0 Å². The number of nitrogens with zero attached hydrogens (tertiary/aromatic N) is 2. The fourth-order valence-corrected chi connectivity index (χ4v) is 12.9. The molecule has 0 spiro atoms. The number of fused-ring (bicyclic) bond motifs is 9. The average molecular weight is 697 g/mol. The van der Waals surface area contributed by atoms with Crippen LogP contribution in [0.15, 0.2) is 199 Å². The van der Waals surface area contributed by atoms with Crippen molar-refractivity contribution in [3.8, 4) is 33.6 Å². The van der Waals surface area contributed by atoms with E-state index in [0.717, 1.165) is 12.2 Å². The fourth-order valence-electron chi connectivity index (χ4n) is 8.65. The van der Waals surface area contributed by atoms with Crippen molar-refractivity contribution in [3.05, 3.63) is 200 Å². The van der Waals surface area contributed by atoms with Gasteiger partial charge in [0.25, 0.3) is 0 Å². The highest BCUT2D eigenvalue weighted by Crippen LogP contribution is 2.68. The van der Waals surface area contributed by atoms with Crippen LogP contribution in [0.1, 0.15) is 5.56 Å². The summed E-state index contributed by atoms with van der Waals surface area (Å²) < 4.78 is 5.54. The van der Waals surface area contributed by atoms with Crippen LogP contribution in [-0.2, 0) is 6.42 Å². The molecule has 11 rings (SSSR count). The highest BCUT2D eigenvalue weighted by Gasteiger charge is 2.42. The van der Waals surface area contributed by atoms with Crippen LogP contribution in [0.2, 0.25) is 0 Å². The molecule has 252 valence electrons. The van der Waals surface area contributed by atoms with Gasteiger partial charge in [0, 0.05) is 21.4 Å². The van der Waals surface area contributed by atoms with Crippen LogP contribution in [0.4, 0.5) is 0 Å². The first-order valence-corrected chi connectivity index (χ1v) is 20.2. The van der Waals surface area contributed by atoms with Gasteiger partial charge in [0.15, 0.2) is 0 Å². The van der Waals surface area contributed by atoms with E-state index in [2.05, 4.69) is 202 Å². The van der Waals surface area contributed by atoms with Crippen molar-refractivity contribution in [2.75, 3.05) is 5.75 Å². The normalized spacial score (nSPS) is 13.8. The summed E-state index contributed by atoms with van der Waals surface area (Å²) >= 11 is 0. The van der Waals surface area contributed by atoms with Gasteiger partial charge in [-0.3, -0.25) is 7.94 Å². The fraction of sp³-hybridized carbons (Fsp3) is 0.0400. The van der Waals surface area contributed by atoms with Crippen molar-refractivity contribution in [1.29, 1.82) is 0 Å². The lowest BCUT2D eigenvalue weighted by atomic mass is 10.0. The highest BCUT2D eigenvalue weighted by molar-refractivity contribution is 8.31. The Bertz CT molecular complexity index is 2890. The molecule has 0 N–H and O–H groups in total. The van der Waals surface area contributed by atoms with Crippen molar-refractivity contribution in [2.45, 2.75) is 11.3 Å². The Labute approximate surface area is 310 Å². The van der Waals surface area contributed by atoms with E-state index in [1.807, 2.05) is 0 Å². The molecule has 0 aliphatic carbocycles. The molecule has 10 aromatic rings. The summed E-state index contributed by atoms with van der Waals surface area (Å²) in [7, 11) is -1.94. The largest absolute Gasteiger partial charge is 0.280 e. The van der Waals surface area contributed by atoms with Crippen molar-refractivity contribution in [3.63, 3.8) is 0 Å². The second kappa shape index (κ2) is 11.9. The third-order valence-corrected chi connectivity index (χ3v) is 14.9. The van der Waals surface area contributed by atoms with E-state index >= 15 is 0 Å². The first kappa shape index (κ1) is 30.3. The second-order valence-electron chi connectivity index (χ2n) is 14.2. The van der Waals surface area contributed by atoms with Crippen molar-refractivity contribution in [1.82, 2.24) is 7.94 Å². The Morgan fingerprint density at radius 2 is 0.792 bits per heavy atom. The quantitative estimate of drug-likeness (QED) is 0.164. The highest BCUT2D eigenvalue weighted by atomic mass is 32.3. The maximum atomic E-state index is 2.77. The molecule has 3 heteroatoms. The lowest BCUT2D eigenvalue weighted by molar-refractivity contribution is 1.09. The van der Waals surface area contributed by atoms with E-state index in [4.69, 9.17) is 0 Å². The molecule has 53 heavy (non-hydrogen) atoms. The average Bonchev–Trinajstić information content (AvgIpc) is 3.86. The number of benzene rings is 8.